The Balaban J connectivity index is 1.69. The molecule has 2 fully saturated rings. The molecule has 180 valence electrons. The van der Waals surface area contributed by atoms with Crippen LogP contribution in [0.15, 0.2) is 22.8 Å². The van der Waals surface area contributed by atoms with E-state index in [1.807, 2.05) is 5.57 Å². The van der Waals surface area contributed by atoms with E-state index in [2.05, 4.69) is 68.4 Å². The van der Waals surface area contributed by atoms with E-state index in [9.17, 15) is 4.79 Å². The van der Waals surface area contributed by atoms with Gasteiger partial charge < -0.3 is 0 Å². The van der Waals surface area contributed by atoms with E-state index in [0.717, 1.165) is 24.7 Å². The van der Waals surface area contributed by atoms with Crippen molar-refractivity contribution >= 4 is 5.78 Å². The predicted molar refractivity (Wildman–Crippen MR) is 136 cm³/mol. The summed E-state index contributed by atoms with van der Waals surface area (Å²) in [5, 5.41) is 0. The highest BCUT2D eigenvalue weighted by Crippen LogP contribution is 2.74. The van der Waals surface area contributed by atoms with Gasteiger partial charge in [-0.05, 0) is 105 Å². The summed E-state index contributed by atoms with van der Waals surface area (Å²) in [5.41, 5.74) is 5.95. The zero-order chi connectivity index (χ0) is 23.7. The van der Waals surface area contributed by atoms with Gasteiger partial charge in [-0.25, -0.2) is 0 Å². The molecule has 4 aliphatic rings. The maximum atomic E-state index is 13.0. The highest BCUT2D eigenvalue weighted by Gasteiger charge is 2.66. The molecule has 1 heteroatoms. The fourth-order valence-electron chi connectivity index (χ4n) is 9.46. The van der Waals surface area contributed by atoms with Gasteiger partial charge in [-0.15, -0.1) is 0 Å². The molecule has 0 amide bonds. The van der Waals surface area contributed by atoms with Gasteiger partial charge in [0.2, 0.25) is 0 Å². The van der Waals surface area contributed by atoms with Gasteiger partial charge in [0.05, 0.1) is 0 Å². The molecule has 0 aromatic carbocycles. The topological polar surface area (TPSA) is 17.1 Å². The zero-order valence-corrected chi connectivity index (χ0v) is 22.7. The second-order valence-electron chi connectivity index (χ2n) is 13.9. The SMILES string of the molecule is CC(C)=CCCC(C)C1CCC2(C)C3=C(CCC12C)C1(C)CCC(=O)C(C)(C)C1(C)CC3. The summed E-state index contributed by atoms with van der Waals surface area (Å²) in [6, 6.07) is 0. The van der Waals surface area contributed by atoms with Crippen LogP contribution in [0.4, 0.5) is 0 Å². The van der Waals surface area contributed by atoms with Crippen LogP contribution in [0.25, 0.3) is 0 Å². The van der Waals surface area contributed by atoms with Crippen molar-refractivity contribution in [2.75, 3.05) is 0 Å². The van der Waals surface area contributed by atoms with Crippen LogP contribution in [-0.2, 0) is 4.79 Å². The van der Waals surface area contributed by atoms with Crippen molar-refractivity contribution in [3.63, 3.8) is 0 Å². The van der Waals surface area contributed by atoms with Gasteiger partial charge in [0.25, 0.3) is 0 Å². The number of ketones is 1. The third-order valence-electron chi connectivity index (χ3n) is 12.5. The molecule has 32 heavy (non-hydrogen) atoms. The predicted octanol–water partition coefficient (Wildman–Crippen LogP) is 9.08. The van der Waals surface area contributed by atoms with Crippen LogP contribution in [0, 0.1) is 38.9 Å². The van der Waals surface area contributed by atoms with E-state index in [0.29, 0.717) is 16.6 Å². The molecule has 6 atom stereocenters. The Morgan fingerprint density at radius 3 is 2.19 bits per heavy atom. The number of carbonyl (C=O) groups is 1. The summed E-state index contributed by atoms with van der Waals surface area (Å²) in [5.74, 6) is 2.15. The minimum Gasteiger partial charge on any atom is -0.299 e. The third kappa shape index (κ3) is 2.97. The van der Waals surface area contributed by atoms with Crippen LogP contribution in [0.1, 0.15) is 127 Å². The average Bonchev–Trinajstić information content (AvgIpc) is 2.99. The van der Waals surface area contributed by atoms with Crippen molar-refractivity contribution in [1.29, 1.82) is 0 Å². The Morgan fingerprint density at radius 2 is 1.53 bits per heavy atom. The molecule has 0 bridgehead atoms. The lowest BCUT2D eigenvalue weighted by Gasteiger charge is -2.65. The maximum Gasteiger partial charge on any atom is 0.139 e. The molecule has 0 aliphatic heterocycles. The molecule has 6 unspecified atom stereocenters. The first-order chi connectivity index (χ1) is 14.7. The second-order valence-corrected chi connectivity index (χ2v) is 13.9. The summed E-state index contributed by atoms with van der Waals surface area (Å²) in [4.78, 5) is 13.0. The summed E-state index contributed by atoms with van der Waals surface area (Å²) in [6.07, 6.45) is 14.6. The van der Waals surface area contributed by atoms with Gasteiger partial charge in [-0.1, -0.05) is 71.3 Å². The van der Waals surface area contributed by atoms with E-state index >= 15 is 0 Å². The van der Waals surface area contributed by atoms with Crippen molar-refractivity contribution in [3.8, 4) is 0 Å². The van der Waals surface area contributed by atoms with Crippen LogP contribution in [-0.4, -0.2) is 5.78 Å². The smallest absolute Gasteiger partial charge is 0.139 e. The van der Waals surface area contributed by atoms with Gasteiger partial charge >= 0.3 is 0 Å². The summed E-state index contributed by atoms with van der Waals surface area (Å²) < 4.78 is 0. The molecule has 2 saturated carbocycles. The molecule has 4 rings (SSSR count). The Hall–Kier alpha value is -0.850. The monoisotopic (exact) mass is 438 g/mol. The lowest BCUT2D eigenvalue weighted by molar-refractivity contribution is -0.153. The van der Waals surface area contributed by atoms with Crippen molar-refractivity contribution in [1.82, 2.24) is 0 Å². The maximum absolute atomic E-state index is 13.0. The van der Waals surface area contributed by atoms with Crippen molar-refractivity contribution < 1.29 is 4.79 Å². The molecule has 0 aromatic rings. The minimum absolute atomic E-state index is 0.0912. The van der Waals surface area contributed by atoms with Crippen LogP contribution >= 0.6 is 0 Å². The fourth-order valence-corrected chi connectivity index (χ4v) is 9.46. The van der Waals surface area contributed by atoms with Crippen molar-refractivity contribution in [3.05, 3.63) is 22.8 Å². The van der Waals surface area contributed by atoms with Gasteiger partial charge in [-0.2, -0.15) is 0 Å². The van der Waals surface area contributed by atoms with E-state index in [-0.39, 0.29) is 16.2 Å². The van der Waals surface area contributed by atoms with E-state index in [4.69, 9.17) is 0 Å². The van der Waals surface area contributed by atoms with E-state index in [1.54, 1.807) is 5.57 Å². The molecule has 0 aromatic heterocycles. The third-order valence-corrected chi connectivity index (χ3v) is 12.5. The highest BCUT2D eigenvalue weighted by molar-refractivity contribution is 5.86. The Labute approximate surface area is 198 Å². The number of carbonyl (C=O) groups excluding carboxylic acids is 1. The lowest BCUT2D eigenvalue weighted by Crippen LogP contribution is -2.59. The summed E-state index contributed by atoms with van der Waals surface area (Å²) in [6.45, 7) is 21.8. The quantitative estimate of drug-likeness (QED) is 0.400. The van der Waals surface area contributed by atoms with Crippen LogP contribution < -0.4 is 0 Å². The van der Waals surface area contributed by atoms with Crippen LogP contribution in [0.2, 0.25) is 0 Å². The Kier molecular flexibility index (Phi) is 5.75. The summed E-state index contributed by atoms with van der Waals surface area (Å²) >= 11 is 0. The average molecular weight is 439 g/mol. The number of hydrogen-bond donors (Lipinski definition) is 0. The molecule has 0 saturated heterocycles. The highest BCUT2D eigenvalue weighted by atomic mass is 16.1. The number of allylic oxidation sites excluding steroid dienone is 4. The number of fused-ring (bicyclic) bond motifs is 4. The van der Waals surface area contributed by atoms with Gasteiger partial charge in [0.1, 0.15) is 5.78 Å². The molecule has 0 radical (unpaired) electrons. The lowest BCUT2D eigenvalue weighted by atomic mass is 9.38. The summed E-state index contributed by atoms with van der Waals surface area (Å²) in [7, 11) is 0. The first-order valence-corrected chi connectivity index (χ1v) is 13.6. The Morgan fingerprint density at radius 1 is 0.906 bits per heavy atom. The second kappa shape index (κ2) is 7.58. The molecule has 0 spiro atoms. The van der Waals surface area contributed by atoms with Gasteiger partial charge in [-0.3, -0.25) is 4.79 Å². The van der Waals surface area contributed by atoms with Crippen molar-refractivity contribution in [2.24, 2.45) is 38.9 Å². The molecular weight excluding hydrogens is 388 g/mol. The normalized spacial score (nSPS) is 43.9. The number of Topliss-reactive ketones (excluding diaryl/α,β-unsaturated/α-hetero) is 1. The molecule has 4 aliphatic carbocycles. The molecule has 0 N–H and O–H groups in total. The Bertz CT molecular complexity index is 854. The number of rotatable bonds is 4. The molecule has 1 nitrogen and oxygen atoms in total. The first kappa shape index (κ1) is 24.3. The minimum atomic E-state index is -0.210. The first-order valence-electron chi connectivity index (χ1n) is 13.6. The van der Waals surface area contributed by atoms with E-state index < -0.39 is 0 Å². The van der Waals surface area contributed by atoms with Crippen LogP contribution in [0.5, 0.6) is 0 Å². The fraction of sp³-hybridized carbons (Fsp3) is 0.839. The van der Waals surface area contributed by atoms with Crippen molar-refractivity contribution in [2.45, 2.75) is 127 Å². The molecular formula is C31H50O. The standard InChI is InChI=1S/C31H50O/c1-21(2)11-10-12-22(3)23-13-17-29(7)24-15-20-31(9)27(4,5)26(32)16-19-30(31,8)25(24)14-18-28(23,29)6/h11,22-23H,10,12-20H2,1-9H3. The van der Waals surface area contributed by atoms with Crippen LogP contribution in [0.3, 0.4) is 0 Å². The zero-order valence-electron chi connectivity index (χ0n) is 22.7. The largest absolute Gasteiger partial charge is 0.299 e. The molecule has 0 heterocycles. The number of hydrogen-bond acceptors (Lipinski definition) is 1. The van der Waals surface area contributed by atoms with Gasteiger partial charge in [0, 0.05) is 11.8 Å². The van der Waals surface area contributed by atoms with Gasteiger partial charge in [0.15, 0.2) is 0 Å². The van der Waals surface area contributed by atoms with E-state index in [1.165, 1.54) is 56.9 Å².